The van der Waals surface area contributed by atoms with Crippen molar-refractivity contribution in [3.05, 3.63) is 48.0 Å². The third-order valence-electron chi connectivity index (χ3n) is 5.50. The number of nitrogens with one attached hydrogen (secondary N) is 1. The fourth-order valence-electron chi connectivity index (χ4n) is 3.75. The number of methoxy groups -OCH3 is 1. The molecule has 0 bridgehead atoms. The van der Waals surface area contributed by atoms with Gasteiger partial charge in [-0.3, -0.25) is 14.5 Å². The molecular weight excluding hydrogens is 398 g/mol. The van der Waals surface area contributed by atoms with Crippen LogP contribution in [0.15, 0.2) is 42.5 Å². The molecular formula is C23H27N3O5. The third kappa shape index (κ3) is 4.81. The highest BCUT2D eigenvalue weighted by atomic mass is 16.5. The van der Waals surface area contributed by atoms with Crippen LogP contribution in [0.1, 0.15) is 17.3 Å². The summed E-state index contributed by atoms with van der Waals surface area (Å²) in [6.45, 7) is 6.28. The molecule has 2 heterocycles. The van der Waals surface area contributed by atoms with E-state index in [-0.39, 0.29) is 11.8 Å². The number of ether oxygens (including phenoxy) is 3. The van der Waals surface area contributed by atoms with Gasteiger partial charge in [-0.1, -0.05) is 6.07 Å². The van der Waals surface area contributed by atoms with Crippen LogP contribution in [-0.2, 0) is 9.53 Å². The number of nitrogens with zero attached hydrogens (tertiary/aromatic N) is 2. The van der Waals surface area contributed by atoms with E-state index in [1.54, 1.807) is 55.3 Å². The SMILES string of the molecule is COc1cccc(C(=O)Nc2ccc3c(c2)OC(C)C(=O)N3CCN2CCOCC2)c1. The second-order valence-corrected chi connectivity index (χ2v) is 7.57. The Morgan fingerprint density at radius 2 is 1.97 bits per heavy atom. The van der Waals surface area contributed by atoms with E-state index in [9.17, 15) is 9.59 Å². The van der Waals surface area contributed by atoms with Crippen molar-refractivity contribution in [3.8, 4) is 11.5 Å². The predicted octanol–water partition coefficient (Wildman–Crippen LogP) is 2.39. The third-order valence-corrected chi connectivity index (χ3v) is 5.50. The molecule has 31 heavy (non-hydrogen) atoms. The molecule has 0 radical (unpaired) electrons. The summed E-state index contributed by atoms with van der Waals surface area (Å²) in [5.74, 6) is 0.888. The van der Waals surface area contributed by atoms with Crippen LogP contribution >= 0.6 is 0 Å². The second kappa shape index (κ2) is 9.36. The second-order valence-electron chi connectivity index (χ2n) is 7.57. The number of rotatable bonds is 6. The molecule has 2 amide bonds. The lowest BCUT2D eigenvalue weighted by molar-refractivity contribution is -0.125. The minimum atomic E-state index is -0.582. The summed E-state index contributed by atoms with van der Waals surface area (Å²) >= 11 is 0. The Morgan fingerprint density at radius 3 is 2.74 bits per heavy atom. The summed E-state index contributed by atoms with van der Waals surface area (Å²) in [5.41, 5.74) is 1.81. The first kappa shape index (κ1) is 21.1. The molecule has 0 aliphatic carbocycles. The first-order chi connectivity index (χ1) is 15.0. The molecule has 1 fully saturated rings. The van der Waals surface area contributed by atoms with Crippen LogP contribution in [0.3, 0.4) is 0 Å². The molecule has 1 saturated heterocycles. The molecule has 0 aromatic heterocycles. The summed E-state index contributed by atoms with van der Waals surface area (Å²) < 4.78 is 16.4. The van der Waals surface area contributed by atoms with E-state index in [2.05, 4.69) is 10.2 Å². The number of carbonyl (C=O) groups is 2. The summed E-state index contributed by atoms with van der Waals surface area (Å²) in [5, 5.41) is 2.88. The highest BCUT2D eigenvalue weighted by Crippen LogP contribution is 2.36. The van der Waals surface area contributed by atoms with Gasteiger partial charge in [-0.2, -0.15) is 0 Å². The minimum Gasteiger partial charge on any atom is -0.497 e. The number of fused-ring (bicyclic) bond motifs is 1. The molecule has 0 saturated carbocycles. The van der Waals surface area contributed by atoms with Crippen molar-refractivity contribution in [1.82, 2.24) is 4.90 Å². The molecule has 1 atom stereocenters. The lowest BCUT2D eigenvalue weighted by Crippen LogP contribution is -2.48. The highest BCUT2D eigenvalue weighted by Gasteiger charge is 2.32. The topological polar surface area (TPSA) is 80.3 Å². The van der Waals surface area contributed by atoms with Gasteiger partial charge in [-0.05, 0) is 37.3 Å². The molecule has 2 aliphatic heterocycles. The van der Waals surface area contributed by atoms with Crippen LogP contribution in [0, 0.1) is 0 Å². The Kier molecular flexibility index (Phi) is 6.39. The van der Waals surface area contributed by atoms with Crippen LogP contribution < -0.4 is 19.7 Å². The molecule has 1 N–H and O–H groups in total. The minimum absolute atomic E-state index is 0.0612. The molecule has 8 heteroatoms. The van der Waals surface area contributed by atoms with Gasteiger partial charge in [0, 0.05) is 43.5 Å². The lowest BCUT2D eigenvalue weighted by Gasteiger charge is -2.35. The summed E-state index contributed by atoms with van der Waals surface area (Å²) in [6, 6.07) is 12.3. The van der Waals surface area contributed by atoms with Crippen LogP contribution in [0.4, 0.5) is 11.4 Å². The number of benzene rings is 2. The monoisotopic (exact) mass is 425 g/mol. The number of hydrogen-bond donors (Lipinski definition) is 1. The maximum Gasteiger partial charge on any atom is 0.267 e. The molecule has 2 aromatic carbocycles. The molecule has 1 unspecified atom stereocenters. The predicted molar refractivity (Wildman–Crippen MR) is 117 cm³/mol. The van der Waals surface area contributed by atoms with Gasteiger partial charge in [-0.15, -0.1) is 0 Å². The fourth-order valence-corrected chi connectivity index (χ4v) is 3.75. The Morgan fingerprint density at radius 1 is 1.16 bits per heavy atom. The van der Waals surface area contributed by atoms with E-state index in [1.807, 2.05) is 6.07 Å². The Balaban J connectivity index is 1.49. The van der Waals surface area contributed by atoms with E-state index in [1.165, 1.54) is 0 Å². The van der Waals surface area contributed by atoms with E-state index >= 15 is 0 Å². The normalized spacial score (nSPS) is 18.8. The van der Waals surface area contributed by atoms with Crippen LogP contribution in [0.25, 0.3) is 0 Å². The number of anilines is 2. The quantitative estimate of drug-likeness (QED) is 0.766. The molecule has 2 aliphatic rings. The zero-order chi connectivity index (χ0) is 21.8. The standard InChI is InChI=1S/C23H27N3O5/c1-16-23(28)26(9-8-25-10-12-30-13-11-25)20-7-6-18(15-21(20)31-16)24-22(27)17-4-3-5-19(14-17)29-2/h3-7,14-16H,8-13H2,1-2H3,(H,24,27). The largest absolute Gasteiger partial charge is 0.497 e. The van der Waals surface area contributed by atoms with Gasteiger partial charge in [0.25, 0.3) is 11.8 Å². The zero-order valence-electron chi connectivity index (χ0n) is 17.8. The van der Waals surface area contributed by atoms with E-state index < -0.39 is 6.10 Å². The summed E-state index contributed by atoms with van der Waals surface area (Å²) in [6.07, 6.45) is -0.582. The maximum atomic E-state index is 12.7. The van der Waals surface area contributed by atoms with Crippen LogP contribution in [0.2, 0.25) is 0 Å². The Bertz CT molecular complexity index is 958. The van der Waals surface area contributed by atoms with Gasteiger partial charge >= 0.3 is 0 Å². The molecule has 4 rings (SSSR count). The fraction of sp³-hybridized carbons (Fsp3) is 0.391. The average molecular weight is 425 g/mol. The molecule has 2 aromatic rings. The maximum absolute atomic E-state index is 12.7. The molecule has 8 nitrogen and oxygen atoms in total. The number of carbonyl (C=O) groups excluding carboxylic acids is 2. The zero-order valence-corrected chi connectivity index (χ0v) is 17.8. The van der Waals surface area contributed by atoms with Gasteiger partial charge in [0.05, 0.1) is 26.0 Å². The van der Waals surface area contributed by atoms with Crippen molar-refractivity contribution in [2.45, 2.75) is 13.0 Å². The first-order valence-corrected chi connectivity index (χ1v) is 10.4. The number of morpholine rings is 1. The van der Waals surface area contributed by atoms with Gasteiger partial charge in [0.15, 0.2) is 6.10 Å². The smallest absolute Gasteiger partial charge is 0.267 e. The summed E-state index contributed by atoms with van der Waals surface area (Å²) in [7, 11) is 1.56. The van der Waals surface area contributed by atoms with Crippen LogP contribution in [0.5, 0.6) is 11.5 Å². The van der Waals surface area contributed by atoms with Gasteiger partial charge in [0.2, 0.25) is 0 Å². The van der Waals surface area contributed by atoms with Gasteiger partial charge in [-0.25, -0.2) is 0 Å². The van der Waals surface area contributed by atoms with Crippen molar-refractivity contribution < 1.29 is 23.8 Å². The van der Waals surface area contributed by atoms with Crippen molar-refractivity contribution in [2.75, 3.05) is 56.7 Å². The Labute approximate surface area is 181 Å². The lowest BCUT2D eigenvalue weighted by atomic mass is 10.1. The van der Waals surface area contributed by atoms with Crippen molar-refractivity contribution in [2.24, 2.45) is 0 Å². The molecule has 164 valence electrons. The number of hydrogen-bond acceptors (Lipinski definition) is 6. The average Bonchev–Trinajstić information content (AvgIpc) is 2.80. The van der Waals surface area contributed by atoms with Crippen molar-refractivity contribution in [1.29, 1.82) is 0 Å². The summed E-state index contributed by atoms with van der Waals surface area (Å²) in [4.78, 5) is 29.4. The Hall–Kier alpha value is -3.10. The van der Waals surface area contributed by atoms with E-state index in [0.717, 1.165) is 38.5 Å². The first-order valence-electron chi connectivity index (χ1n) is 10.4. The highest BCUT2D eigenvalue weighted by molar-refractivity contribution is 6.05. The van der Waals surface area contributed by atoms with Gasteiger partial charge < -0.3 is 24.4 Å². The molecule has 0 spiro atoms. The van der Waals surface area contributed by atoms with Crippen molar-refractivity contribution >= 4 is 23.2 Å². The van der Waals surface area contributed by atoms with Gasteiger partial charge in [0.1, 0.15) is 11.5 Å². The number of amides is 2. The van der Waals surface area contributed by atoms with Crippen molar-refractivity contribution in [3.63, 3.8) is 0 Å². The van der Waals surface area contributed by atoms with E-state index in [0.29, 0.717) is 29.3 Å². The van der Waals surface area contributed by atoms with E-state index in [4.69, 9.17) is 14.2 Å². The van der Waals surface area contributed by atoms with Crippen LogP contribution in [-0.4, -0.2) is 69.3 Å².